The van der Waals surface area contributed by atoms with Crippen LogP contribution in [0.3, 0.4) is 0 Å². The summed E-state index contributed by atoms with van der Waals surface area (Å²) in [5.74, 6) is 0.0925. The maximum atomic E-state index is 12.1. The van der Waals surface area contributed by atoms with E-state index in [1.807, 2.05) is 55.5 Å². The first-order valence-corrected chi connectivity index (χ1v) is 6.09. The van der Waals surface area contributed by atoms with Crippen LogP contribution in [0.4, 0.5) is 5.69 Å². The van der Waals surface area contributed by atoms with Crippen molar-refractivity contribution in [2.75, 3.05) is 5.32 Å². The Bertz CT molecular complexity index is 729. The summed E-state index contributed by atoms with van der Waals surface area (Å²) in [6.45, 7) is 1.96. The number of carbonyl (C=O) groups excluding carboxylic acids is 1. The molecule has 0 fully saturated rings. The molecular weight excluding hydrogens is 238 g/mol. The molecule has 0 saturated carbocycles. The van der Waals surface area contributed by atoms with Crippen LogP contribution < -0.4 is 5.32 Å². The molecular formula is C16H13NO2. The lowest BCUT2D eigenvalue weighted by Crippen LogP contribution is -2.10. The number of aryl methyl sites for hydroxylation is 1. The molecule has 0 atom stereocenters. The second-order valence-electron chi connectivity index (χ2n) is 4.42. The summed E-state index contributed by atoms with van der Waals surface area (Å²) >= 11 is 0. The maximum absolute atomic E-state index is 12.1. The molecule has 1 amide bonds. The largest absolute Gasteiger partial charge is 0.451 e. The maximum Gasteiger partial charge on any atom is 0.291 e. The van der Waals surface area contributed by atoms with Crippen LogP contribution in [0, 0.1) is 6.92 Å². The first-order valence-electron chi connectivity index (χ1n) is 6.09. The molecule has 0 aliphatic heterocycles. The molecule has 1 heterocycles. The Morgan fingerprint density at radius 2 is 1.84 bits per heavy atom. The fourth-order valence-electron chi connectivity index (χ4n) is 2.03. The van der Waals surface area contributed by atoms with Gasteiger partial charge in [0.15, 0.2) is 5.76 Å². The van der Waals surface area contributed by atoms with E-state index in [0.29, 0.717) is 5.76 Å². The molecule has 0 aliphatic rings. The number of fused-ring (bicyclic) bond motifs is 1. The Kier molecular flexibility index (Phi) is 2.80. The Morgan fingerprint density at radius 1 is 1.05 bits per heavy atom. The van der Waals surface area contributed by atoms with Gasteiger partial charge in [0.1, 0.15) is 5.58 Å². The summed E-state index contributed by atoms with van der Waals surface area (Å²) in [4.78, 5) is 12.1. The summed E-state index contributed by atoms with van der Waals surface area (Å²) in [7, 11) is 0. The zero-order chi connectivity index (χ0) is 13.2. The van der Waals surface area contributed by atoms with E-state index in [1.165, 1.54) is 0 Å². The highest BCUT2D eigenvalue weighted by Crippen LogP contribution is 2.23. The monoisotopic (exact) mass is 251 g/mol. The van der Waals surface area contributed by atoms with Crippen molar-refractivity contribution in [3.05, 3.63) is 65.9 Å². The lowest BCUT2D eigenvalue weighted by Gasteiger charge is -2.01. The fourth-order valence-corrected chi connectivity index (χ4v) is 2.03. The van der Waals surface area contributed by atoms with Crippen LogP contribution in [0.1, 0.15) is 16.1 Å². The summed E-state index contributed by atoms with van der Waals surface area (Å²) in [5, 5.41) is 3.75. The standard InChI is InChI=1S/C16H13NO2/c1-11-6-5-7-12-10-14(19-15(11)12)16(18)17-13-8-3-2-4-9-13/h2-10H,1H3,(H,17,18). The molecule has 0 radical (unpaired) electrons. The van der Waals surface area contributed by atoms with Crippen molar-refractivity contribution in [3.8, 4) is 0 Å². The van der Waals surface area contributed by atoms with Crippen molar-refractivity contribution < 1.29 is 9.21 Å². The third-order valence-electron chi connectivity index (χ3n) is 3.00. The predicted molar refractivity (Wildman–Crippen MR) is 75.3 cm³/mol. The van der Waals surface area contributed by atoms with Gasteiger partial charge in [-0.05, 0) is 30.7 Å². The topological polar surface area (TPSA) is 42.2 Å². The first-order chi connectivity index (χ1) is 9.24. The van der Waals surface area contributed by atoms with E-state index >= 15 is 0 Å². The number of hydrogen-bond donors (Lipinski definition) is 1. The molecule has 1 N–H and O–H groups in total. The van der Waals surface area contributed by atoms with E-state index in [2.05, 4.69) is 5.32 Å². The highest BCUT2D eigenvalue weighted by Gasteiger charge is 2.13. The van der Waals surface area contributed by atoms with E-state index in [-0.39, 0.29) is 5.91 Å². The molecule has 3 heteroatoms. The number of anilines is 1. The van der Waals surface area contributed by atoms with Crippen molar-refractivity contribution in [2.24, 2.45) is 0 Å². The molecule has 3 aromatic rings. The van der Waals surface area contributed by atoms with Crippen molar-refractivity contribution in [1.82, 2.24) is 0 Å². The third-order valence-corrected chi connectivity index (χ3v) is 3.00. The van der Waals surface area contributed by atoms with Crippen LogP contribution in [0.15, 0.2) is 59.0 Å². The normalized spacial score (nSPS) is 10.6. The minimum atomic E-state index is -0.234. The summed E-state index contributed by atoms with van der Waals surface area (Å²) in [6, 6.07) is 16.9. The number of rotatable bonds is 2. The highest BCUT2D eigenvalue weighted by molar-refractivity contribution is 6.04. The predicted octanol–water partition coefficient (Wildman–Crippen LogP) is 3.99. The number of benzene rings is 2. The number of furan rings is 1. The van der Waals surface area contributed by atoms with Crippen LogP contribution in [0.5, 0.6) is 0 Å². The van der Waals surface area contributed by atoms with Crippen molar-refractivity contribution >= 4 is 22.6 Å². The zero-order valence-corrected chi connectivity index (χ0v) is 10.5. The van der Waals surface area contributed by atoms with Crippen molar-refractivity contribution in [1.29, 1.82) is 0 Å². The van der Waals surface area contributed by atoms with Gasteiger partial charge < -0.3 is 9.73 Å². The molecule has 3 nitrogen and oxygen atoms in total. The first kappa shape index (κ1) is 11.5. The van der Waals surface area contributed by atoms with E-state index < -0.39 is 0 Å². The Morgan fingerprint density at radius 3 is 2.58 bits per heavy atom. The van der Waals surface area contributed by atoms with Gasteiger partial charge in [-0.1, -0.05) is 36.4 Å². The molecule has 19 heavy (non-hydrogen) atoms. The number of hydrogen-bond acceptors (Lipinski definition) is 2. The van der Waals surface area contributed by atoms with Gasteiger partial charge in [-0.3, -0.25) is 4.79 Å². The molecule has 0 spiro atoms. The average Bonchev–Trinajstić information content (AvgIpc) is 2.85. The molecule has 0 unspecified atom stereocenters. The van der Waals surface area contributed by atoms with Gasteiger partial charge in [0.05, 0.1) is 0 Å². The van der Waals surface area contributed by atoms with E-state index in [1.54, 1.807) is 6.07 Å². The zero-order valence-electron chi connectivity index (χ0n) is 10.5. The lowest BCUT2D eigenvalue weighted by atomic mass is 10.2. The second-order valence-corrected chi connectivity index (χ2v) is 4.42. The van der Waals surface area contributed by atoms with Crippen LogP contribution >= 0.6 is 0 Å². The molecule has 2 aromatic carbocycles. The number of carbonyl (C=O) groups is 1. The van der Waals surface area contributed by atoms with Crippen LogP contribution in [-0.4, -0.2) is 5.91 Å². The molecule has 0 aliphatic carbocycles. The third kappa shape index (κ3) is 2.22. The Balaban J connectivity index is 1.92. The second kappa shape index (κ2) is 4.61. The molecule has 1 aromatic heterocycles. The molecule has 0 saturated heterocycles. The van der Waals surface area contributed by atoms with Crippen molar-refractivity contribution in [2.45, 2.75) is 6.92 Å². The average molecular weight is 251 g/mol. The quantitative estimate of drug-likeness (QED) is 0.748. The minimum absolute atomic E-state index is 0.234. The number of amides is 1. The lowest BCUT2D eigenvalue weighted by molar-refractivity contribution is 0.0998. The minimum Gasteiger partial charge on any atom is -0.451 e. The molecule has 3 rings (SSSR count). The Labute approximate surface area is 110 Å². The molecule has 94 valence electrons. The van der Waals surface area contributed by atoms with Gasteiger partial charge in [-0.25, -0.2) is 0 Å². The van der Waals surface area contributed by atoms with Gasteiger partial charge in [-0.2, -0.15) is 0 Å². The smallest absolute Gasteiger partial charge is 0.291 e. The summed E-state index contributed by atoms with van der Waals surface area (Å²) < 4.78 is 5.62. The van der Waals surface area contributed by atoms with Crippen LogP contribution in [-0.2, 0) is 0 Å². The van der Waals surface area contributed by atoms with E-state index in [0.717, 1.165) is 22.2 Å². The van der Waals surface area contributed by atoms with Gasteiger partial charge in [0.25, 0.3) is 5.91 Å². The summed E-state index contributed by atoms with van der Waals surface area (Å²) in [5.41, 5.74) is 2.54. The van der Waals surface area contributed by atoms with Gasteiger partial charge >= 0.3 is 0 Å². The van der Waals surface area contributed by atoms with Gasteiger partial charge in [0.2, 0.25) is 0 Å². The van der Waals surface area contributed by atoms with Crippen molar-refractivity contribution in [3.63, 3.8) is 0 Å². The van der Waals surface area contributed by atoms with E-state index in [9.17, 15) is 4.79 Å². The molecule has 0 bridgehead atoms. The fraction of sp³-hybridized carbons (Fsp3) is 0.0625. The highest BCUT2D eigenvalue weighted by atomic mass is 16.3. The van der Waals surface area contributed by atoms with Crippen LogP contribution in [0.25, 0.3) is 11.0 Å². The van der Waals surface area contributed by atoms with Gasteiger partial charge in [-0.15, -0.1) is 0 Å². The summed E-state index contributed by atoms with van der Waals surface area (Å²) in [6.07, 6.45) is 0. The van der Waals surface area contributed by atoms with E-state index in [4.69, 9.17) is 4.42 Å². The number of para-hydroxylation sites is 2. The SMILES string of the molecule is Cc1cccc2cc(C(=O)Nc3ccccc3)oc12. The van der Waals surface area contributed by atoms with Crippen LogP contribution in [0.2, 0.25) is 0 Å². The van der Waals surface area contributed by atoms with Gasteiger partial charge in [0, 0.05) is 11.1 Å². The Hall–Kier alpha value is -2.55. The number of nitrogens with one attached hydrogen (secondary N) is 1.